The van der Waals surface area contributed by atoms with Gasteiger partial charge in [0.05, 0.1) is 6.54 Å². The van der Waals surface area contributed by atoms with Crippen LogP contribution in [0, 0.1) is 11.3 Å². The lowest BCUT2D eigenvalue weighted by Crippen LogP contribution is -2.36. The molecule has 0 aromatic carbocycles. The van der Waals surface area contributed by atoms with E-state index in [2.05, 4.69) is 15.1 Å². The van der Waals surface area contributed by atoms with Crippen LogP contribution >= 0.6 is 0 Å². The SMILES string of the molecule is N#Cc1nccnc1O[C@@H]1CCN(C(=O)Cn2ncccc2=O)C1. The van der Waals surface area contributed by atoms with Crippen molar-refractivity contribution in [3.8, 4) is 11.9 Å². The summed E-state index contributed by atoms with van der Waals surface area (Å²) in [5.74, 6) is -0.0400. The van der Waals surface area contributed by atoms with E-state index in [1.165, 1.54) is 30.7 Å². The summed E-state index contributed by atoms with van der Waals surface area (Å²) in [6.45, 7) is 0.760. The molecule has 0 saturated carbocycles. The van der Waals surface area contributed by atoms with Gasteiger partial charge in [0.1, 0.15) is 18.7 Å². The third kappa shape index (κ3) is 3.38. The van der Waals surface area contributed by atoms with E-state index in [0.717, 1.165) is 4.68 Å². The van der Waals surface area contributed by atoms with E-state index in [9.17, 15) is 9.59 Å². The zero-order valence-electron chi connectivity index (χ0n) is 12.7. The Hall–Kier alpha value is -3.28. The second kappa shape index (κ2) is 6.87. The van der Waals surface area contributed by atoms with Gasteiger partial charge in [-0.25, -0.2) is 14.6 Å². The quantitative estimate of drug-likeness (QED) is 0.750. The molecule has 24 heavy (non-hydrogen) atoms. The largest absolute Gasteiger partial charge is 0.470 e. The van der Waals surface area contributed by atoms with Crippen LogP contribution in [0.25, 0.3) is 0 Å². The highest BCUT2D eigenvalue weighted by atomic mass is 16.5. The summed E-state index contributed by atoms with van der Waals surface area (Å²) in [5.41, 5.74) is -0.210. The molecule has 1 fully saturated rings. The first-order valence-electron chi connectivity index (χ1n) is 7.35. The number of hydrogen-bond donors (Lipinski definition) is 0. The molecule has 3 rings (SSSR count). The average Bonchev–Trinajstić information content (AvgIpc) is 3.06. The van der Waals surface area contributed by atoms with Crippen molar-refractivity contribution in [2.24, 2.45) is 0 Å². The maximum Gasteiger partial charge on any atom is 0.267 e. The molecule has 0 bridgehead atoms. The van der Waals surface area contributed by atoms with Crippen LogP contribution in [0.4, 0.5) is 0 Å². The predicted octanol–water partition coefficient (Wildman–Crippen LogP) is -0.415. The summed E-state index contributed by atoms with van der Waals surface area (Å²) in [5, 5.41) is 12.9. The summed E-state index contributed by atoms with van der Waals surface area (Å²) in [4.78, 5) is 33.4. The fourth-order valence-electron chi connectivity index (χ4n) is 2.43. The fourth-order valence-corrected chi connectivity index (χ4v) is 2.43. The number of aromatic nitrogens is 4. The molecule has 0 N–H and O–H groups in total. The van der Waals surface area contributed by atoms with Crippen molar-refractivity contribution in [1.29, 1.82) is 5.26 Å². The zero-order chi connectivity index (χ0) is 16.9. The van der Waals surface area contributed by atoms with Gasteiger partial charge in [0.15, 0.2) is 0 Å². The normalized spacial score (nSPS) is 16.6. The average molecular weight is 326 g/mol. The molecule has 0 unspecified atom stereocenters. The maximum absolute atomic E-state index is 12.3. The van der Waals surface area contributed by atoms with E-state index in [4.69, 9.17) is 10.00 Å². The molecule has 2 aromatic rings. The smallest absolute Gasteiger partial charge is 0.267 e. The molecule has 9 heteroatoms. The number of carbonyl (C=O) groups is 1. The number of carbonyl (C=O) groups excluding carboxylic acids is 1. The van der Waals surface area contributed by atoms with Crippen molar-refractivity contribution in [3.05, 3.63) is 46.8 Å². The lowest BCUT2D eigenvalue weighted by Gasteiger charge is -2.17. The number of nitriles is 1. The lowest BCUT2D eigenvalue weighted by molar-refractivity contribution is -0.131. The number of nitrogens with zero attached hydrogens (tertiary/aromatic N) is 6. The minimum absolute atomic E-state index is 0.110. The second-order valence-electron chi connectivity index (χ2n) is 5.21. The summed E-state index contributed by atoms with van der Waals surface area (Å²) < 4.78 is 6.80. The first-order chi connectivity index (χ1) is 11.7. The molecular weight excluding hydrogens is 312 g/mol. The fraction of sp³-hybridized carbons (Fsp3) is 0.333. The molecule has 3 heterocycles. The zero-order valence-corrected chi connectivity index (χ0v) is 12.7. The Kier molecular flexibility index (Phi) is 4.47. The van der Waals surface area contributed by atoms with E-state index in [1.807, 2.05) is 6.07 Å². The van der Waals surface area contributed by atoms with E-state index in [0.29, 0.717) is 19.5 Å². The van der Waals surface area contributed by atoms with Gasteiger partial charge in [0.25, 0.3) is 11.4 Å². The van der Waals surface area contributed by atoms with Crippen molar-refractivity contribution in [1.82, 2.24) is 24.6 Å². The molecule has 0 spiro atoms. The number of ether oxygens (including phenoxy) is 1. The molecule has 1 saturated heterocycles. The number of hydrogen-bond acceptors (Lipinski definition) is 7. The standard InChI is InChI=1S/C15H14N6O3/c16-8-12-15(18-6-5-17-12)24-11-3-7-20(9-11)14(23)10-21-13(22)2-1-4-19-21/h1-2,4-6,11H,3,7,9-10H2/t11-/m1/s1. The topological polar surface area (TPSA) is 114 Å². The van der Waals surface area contributed by atoms with Crippen LogP contribution in [-0.4, -0.2) is 49.7 Å². The minimum Gasteiger partial charge on any atom is -0.470 e. The monoisotopic (exact) mass is 326 g/mol. The van der Waals surface area contributed by atoms with Gasteiger partial charge < -0.3 is 9.64 Å². The molecule has 9 nitrogen and oxygen atoms in total. The lowest BCUT2D eigenvalue weighted by atomic mass is 10.3. The summed E-state index contributed by atoms with van der Waals surface area (Å²) in [6, 6.07) is 4.80. The van der Waals surface area contributed by atoms with E-state index < -0.39 is 0 Å². The van der Waals surface area contributed by atoms with Crippen LogP contribution in [0.5, 0.6) is 5.88 Å². The van der Waals surface area contributed by atoms with Crippen LogP contribution in [0.3, 0.4) is 0 Å². The second-order valence-corrected chi connectivity index (χ2v) is 5.21. The Bertz CT molecular complexity index is 843. The van der Waals surface area contributed by atoms with Crippen LogP contribution in [0.15, 0.2) is 35.5 Å². The van der Waals surface area contributed by atoms with Crippen LogP contribution in [0.2, 0.25) is 0 Å². The number of rotatable bonds is 4. The Balaban J connectivity index is 1.61. The summed E-state index contributed by atoms with van der Waals surface area (Å²) in [7, 11) is 0. The van der Waals surface area contributed by atoms with Gasteiger partial charge in [-0.3, -0.25) is 9.59 Å². The molecule has 2 aromatic heterocycles. The van der Waals surface area contributed by atoms with Gasteiger partial charge in [0, 0.05) is 37.6 Å². The first-order valence-corrected chi connectivity index (χ1v) is 7.35. The molecule has 1 aliphatic heterocycles. The Labute approximate surface area is 137 Å². The molecule has 122 valence electrons. The van der Waals surface area contributed by atoms with Crippen molar-refractivity contribution >= 4 is 5.91 Å². The van der Waals surface area contributed by atoms with Gasteiger partial charge in [0.2, 0.25) is 11.6 Å². The highest BCUT2D eigenvalue weighted by Gasteiger charge is 2.28. The van der Waals surface area contributed by atoms with Crippen LogP contribution < -0.4 is 10.3 Å². The Morgan fingerprint density at radius 2 is 2.21 bits per heavy atom. The number of likely N-dealkylation sites (tertiary alicyclic amines) is 1. The third-order valence-corrected chi connectivity index (χ3v) is 3.62. The van der Waals surface area contributed by atoms with Gasteiger partial charge in [-0.05, 0) is 6.07 Å². The van der Waals surface area contributed by atoms with Gasteiger partial charge in [-0.1, -0.05) is 0 Å². The van der Waals surface area contributed by atoms with Gasteiger partial charge >= 0.3 is 0 Å². The molecular formula is C15H14N6O3. The number of amides is 1. The van der Waals surface area contributed by atoms with Crippen LogP contribution in [0.1, 0.15) is 12.1 Å². The maximum atomic E-state index is 12.3. The van der Waals surface area contributed by atoms with E-state index in [-0.39, 0.29) is 35.7 Å². The van der Waals surface area contributed by atoms with Crippen molar-refractivity contribution in [2.75, 3.05) is 13.1 Å². The first kappa shape index (κ1) is 15.6. The summed E-state index contributed by atoms with van der Waals surface area (Å²) >= 11 is 0. The molecule has 1 amide bonds. The Morgan fingerprint density at radius 3 is 3.00 bits per heavy atom. The molecule has 1 aliphatic rings. The molecule has 1 atom stereocenters. The summed E-state index contributed by atoms with van der Waals surface area (Å²) in [6.07, 6.45) is 4.67. The van der Waals surface area contributed by atoms with Crippen molar-refractivity contribution in [3.63, 3.8) is 0 Å². The molecule has 0 radical (unpaired) electrons. The predicted molar refractivity (Wildman–Crippen MR) is 80.9 cm³/mol. The van der Waals surface area contributed by atoms with E-state index in [1.54, 1.807) is 4.90 Å². The highest BCUT2D eigenvalue weighted by molar-refractivity contribution is 5.76. The van der Waals surface area contributed by atoms with E-state index >= 15 is 0 Å². The Morgan fingerprint density at radius 1 is 1.38 bits per heavy atom. The van der Waals surface area contributed by atoms with Gasteiger partial charge in [-0.2, -0.15) is 10.4 Å². The highest BCUT2D eigenvalue weighted by Crippen LogP contribution is 2.18. The molecule has 0 aliphatic carbocycles. The van der Waals surface area contributed by atoms with Crippen molar-refractivity contribution in [2.45, 2.75) is 19.1 Å². The van der Waals surface area contributed by atoms with Crippen LogP contribution in [-0.2, 0) is 11.3 Å². The van der Waals surface area contributed by atoms with Crippen molar-refractivity contribution < 1.29 is 9.53 Å². The third-order valence-electron chi connectivity index (χ3n) is 3.62. The van der Waals surface area contributed by atoms with Gasteiger partial charge in [-0.15, -0.1) is 0 Å². The minimum atomic E-state index is -0.323.